The maximum absolute atomic E-state index is 10.6. The van der Waals surface area contributed by atoms with E-state index in [9.17, 15) is 4.79 Å². The second-order valence-corrected chi connectivity index (χ2v) is 4.29. The van der Waals surface area contributed by atoms with Crippen LogP contribution in [0.4, 0.5) is 0 Å². The minimum absolute atomic E-state index is 0.0204. The van der Waals surface area contributed by atoms with Crippen molar-refractivity contribution in [2.24, 2.45) is 0 Å². The third-order valence-electron chi connectivity index (χ3n) is 2.05. The van der Waals surface area contributed by atoms with E-state index in [1.165, 1.54) is 10.9 Å². The molecule has 0 amide bonds. The largest absolute Gasteiger partial charge is 0.475 e. The number of rotatable bonds is 5. The van der Waals surface area contributed by atoms with Crippen LogP contribution in [0.2, 0.25) is 0 Å². The van der Waals surface area contributed by atoms with Crippen LogP contribution in [0.25, 0.3) is 0 Å². The van der Waals surface area contributed by atoms with Crippen molar-refractivity contribution >= 4 is 17.3 Å². The Morgan fingerprint density at radius 2 is 2.25 bits per heavy atom. The van der Waals surface area contributed by atoms with Crippen molar-refractivity contribution < 1.29 is 14.3 Å². The average Bonchev–Trinajstić information content (AvgIpc) is 2.87. The number of carbonyl (C=O) groups is 1. The summed E-state index contributed by atoms with van der Waals surface area (Å²) in [5.74, 6) is -0.425. The maximum Gasteiger partial charge on any atom is 0.371 e. The van der Waals surface area contributed by atoms with Crippen molar-refractivity contribution in [2.45, 2.75) is 13.1 Å². The molecule has 0 aromatic carbocycles. The smallest absolute Gasteiger partial charge is 0.371 e. The van der Waals surface area contributed by atoms with Crippen molar-refractivity contribution in [3.63, 3.8) is 0 Å². The molecule has 0 saturated heterocycles. The van der Waals surface area contributed by atoms with Gasteiger partial charge in [-0.3, -0.25) is 0 Å². The van der Waals surface area contributed by atoms with Crippen molar-refractivity contribution in [1.82, 2.24) is 5.32 Å². The fourth-order valence-electron chi connectivity index (χ4n) is 1.31. The molecule has 16 heavy (non-hydrogen) atoms. The molecule has 0 aliphatic carbocycles. The molecule has 2 N–H and O–H groups in total. The molecule has 4 nitrogen and oxygen atoms in total. The van der Waals surface area contributed by atoms with Crippen LogP contribution in [-0.4, -0.2) is 11.1 Å². The fourth-order valence-corrected chi connectivity index (χ4v) is 1.98. The summed E-state index contributed by atoms with van der Waals surface area (Å²) < 4.78 is 5.11. The highest BCUT2D eigenvalue weighted by atomic mass is 32.1. The van der Waals surface area contributed by atoms with Gasteiger partial charge in [0.05, 0.1) is 6.54 Å². The lowest BCUT2D eigenvalue weighted by atomic mass is 10.4. The van der Waals surface area contributed by atoms with E-state index in [-0.39, 0.29) is 5.76 Å². The van der Waals surface area contributed by atoms with Gasteiger partial charge in [0.1, 0.15) is 5.76 Å². The third kappa shape index (κ3) is 2.71. The first kappa shape index (κ1) is 10.9. The summed E-state index contributed by atoms with van der Waals surface area (Å²) >= 11 is 1.68. The Hall–Kier alpha value is -1.59. The highest BCUT2D eigenvalue weighted by molar-refractivity contribution is 7.09. The molecule has 0 spiro atoms. The van der Waals surface area contributed by atoms with Crippen LogP contribution < -0.4 is 5.32 Å². The second kappa shape index (κ2) is 4.96. The predicted molar refractivity (Wildman–Crippen MR) is 60.5 cm³/mol. The number of hydrogen-bond donors (Lipinski definition) is 2. The lowest BCUT2D eigenvalue weighted by molar-refractivity contribution is 0.0660. The van der Waals surface area contributed by atoms with Gasteiger partial charge in [-0.25, -0.2) is 4.79 Å². The Morgan fingerprint density at radius 3 is 2.88 bits per heavy atom. The molecule has 2 heterocycles. The Balaban J connectivity index is 1.83. The van der Waals surface area contributed by atoms with Gasteiger partial charge in [0.15, 0.2) is 0 Å². The highest BCUT2D eigenvalue weighted by Crippen LogP contribution is 2.10. The van der Waals surface area contributed by atoms with Crippen LogP contribution in [-0.2, 0) is 13.1 Å². The van der Waals surface area contributed by atoms with Crippen LogP contribution in [0.1, 0.15) is 21.2 Å². The first-order valence-electron chi connectivity index (χ1n) is 4.81. The Kier molecular flexibility index (Phi) is 3.38. The summed E-state index contributed by atoms with van der Waals surface area (Å²) in [6, 6.07) is 7.18. The van der Waals surface area contributed by atoms with Gasteiger partial charge in [0, 0.05) is 11.4 Å². The molecule has 0 aliphatic heterocycles. The van der Waals surface area contributed by atoms with Crippen LogP contribution in [0.15, 0.2) is 34.1 Å². The summed E-state index contributed by atoms with van der Waals surface area (Å²) in [5, 5.41) is 13.9. The van der Waals surface area contributed by atoms with Crippen molar-refractivity contribution in [1.29, 1.82) is 0 Å². The quantitative estimate of drug-likeness (QED) is 0.837. The van der Waals surface area contributed by atoms with Crippen LogP contribution >= 0.6 is 11.3 Å². The molecular weight excluding hydrogens is 226 g/mol. The fraction of sp³-hybridized carbons (Fsp3) is 0.182. The van der Waals surface area contributed by atoms with E-state index in [2.05, 4.69) is 5.32 Å². The summed E-state index contributed by atoms with van der Waals surface area (Å²) in [5.41, 5.74) is 0. The number of carboxylic acid groups (broad SMARTS) is 1. The number of furan rings is 1. The monoisotopic (exact) mass is 237 g/mol. The van der Waals surface area contributed by atoms with Gasteiger partial charge in [-0.15, -0.1) is 11.3 Å². The molecule has 5 heteroatoms. The summed E-state index contributed by atoms with van der Waals surface area (Å²) in [6.07, 6.45) is 0. The molecule has 0 atom stereocenters. The van der Waals surface area contributed by atoms with Crippen LogP contribution in [0.3, 0.4) is 0 Å². The van der Waals surface area contributed by atoms with E-state index < -0.39 is 5.97 Å². The molecule has 0 radical (unpaired) electrons. The van der Waals surface area contributed by atoms with Gasteiger partial charge >= 0.3 is 5.97 Å². The number of nitrogens with one attached hydrogen (secondary N) is 1. The van der Waals surface area contributed by atoms with Crippen LogP contribution in [0.5, 0.6) is 0 Å². The summed E-state index contributed by atoms with van der Waals surface area (Å²) in [6.45, 7) is 1.30. The molecule has 84 valence electrons. The first-order valence-corrected chi connectivity index (χ1v) is 5.69. The zero-order chi connectivity index (χ0) is 11.4. The van der Waals surface area contributed by atoms with Gasteiger partial charge in [-0.05, 0) is 23.6 Å². The number of carboxylic acids is 1. The van der Waals surface area contributed by atoms with E-state index in [1.54, 1.807) is 17.4 Å². The summed E-state index contributed by atoms with van der Waals surface area (Å²) in [7, 11) is 0. The first-order chi connectivity index (χ1) is 7.75. The number of hydrogen-bond acceptors (Lipinski definition) is 4. The molecule has 2 aromatic rings. The maximum atomic E-state index is 10.6. The third-order valence-corrected chi connectivity index (χ3v) is 2.93. The lowest BCUT2D eigenvalue weighted by Gasteiger charge is -1.99. The normalized spacial score (nSPS) is 10.5. The topological polar surface area (TPSA) is 62.5 Å². The molecule has 0 saturated carbocycles. The predicted octanol–water partition coefficient (Wildman–Crippen LogP) is 2.33. The van der Waals surface area contributed by atoms with E-state index in [4.69, 9.17) is 9.52 Å². The van der Waals surface area contributed by atoms with Gasteiger partial charge in [-0.2, -0.15) is 0 Å². The van der Waals surface area contributed by atoms with Crippen molar-refractivity contribution in [2.75, 3.05) is 0 Å². The molecule has 0 bridgehead atoms. The lowest BCUT2D eigenvalue weighted by Crippen LogP contribution is -2.11. The van der Waals surface area contributed by atoms with E-state index >= 15 is 0 Å². The average molecular weight is 237 g/mol. The molecule has 0 aliphatic rings. The van der Waals surface area contributed by atoms with Gasteiger partial charge < -0.3 is 14.8 Å². The van der Waals surface area contributed by atoms with E-state index in [0.29, 0.717) is 12.3 Å². The van der Waals surface area contributed by atoms with E-state index in [0.717, 1.165) is 6.54 Å². The highest BCUT2D eigenvalue weighted by Gasteiger charge is 2.08. The molecule has 2 aromatic heterocycles. The standard InChI is InChI=1S/C11H11NO3S/c13-11(14)10-4-3-8(15-10)6-12-7-9-2-1-5-16-9/h1-5,12H,6-7H2,(H,13,14). The van der Waals surface area contributed by atoms with Crippen molar-refractivity contribution in [3.05, 3.63) is 46.0 Å². The Labute approximate surface area is 96.5 Å². The molecule has 2 rings (SSSR count). The van der Waals surface area contributed by atoms with Gasteiger partial charge in [0.25, 0.3) is 0 Å². The minimum atomic E-state index is -1.04. The zero-order valence-corrected chi connectivity index (χ0v) is 9.29. The van der Waals surface area contributed by atoms with Gasteiger partial charge in [0.2, 0.25) is 5.76 Å². The summed E-state index contributed by atoms with van der Waals surface area (Å²) in [4.78, 5) is 11.8. The minimum Gasteiger partial charge on any atom is -0.475 e. The zero-order valence-electron chi connectivity index (χ0n) is 8.47. The van der Waals surface area contributed by atoms with Gasteiger partial charge in [-0.1, -0.05) is 6.07 Å². The van der Waals surface area contributed by atoms with Crippen LogP contribution in [0, 0.1) is 0 Å². The Bertz CT molecular complexity index is 461. The second-order valence-electron chi connectivity index (χ2n) is 3.25. The SMILES string of the molecule is O=C(O)c1ccc(CNCc2cccs2)o1. The Morgan fingerprint density at radius 1 is 1.38 bits per heavy atom. The van der Waals surface area contributed by atoms with Crippen molar-refractivity contribution in [3.8, 4) is 0 Å². The number of thiophene rings is 1. The molecular formula is C11H11NO3S. The van der Waals surface area contributed by atoms with E-state index in [1.807, 2.05) is 17.5 Å². The molecule has 0 unspecified atom stereocenters. The molecule has 0 fully saturated rings. The number of aromatic carboxylic acids is 1.